The van der Waals surface area contributed by atoms with Gasteiger partial charge < -0.3 is 9.84 Å². The monoisotopic (exact) mass is 184 g/mol. The molecule has 0 bridgehead atoms. The molecule has 0 aromatic carbocycles. The van der Waals surface area contributed by atoms with Crippen LogP contribution in [0, 0.1) is 5.92 Å². The summed E-state index contributed by atoms with van der Waals surface area (Å²) < 4.78 is 5.70. The first-order valence-electron chi connectivity index (χ1n) is 5.59. The lowest BCUT2D eigenvalue weighted by Crippen LogP contribution is -2.34. The van der Waals surface area contributed by atoms with Crippen molar-refractivity contribution in [3.63, 3.8) is 0 Å². The van der Waals surface area contributed by atoms with Gasteiger partial charge >= 0.3 is 0 Å². The second-order valence-electron chi connectivity index (χ2n) is 4.65. The normalized spacial score (nSPS) is 35.8. The second kappa shape index (κ2) is 3.97. The van der Waals surface area contributed by atoms with E-state index in [-0.39, 0.29) is 12.2 Å². The first-order valence-corrected chi connectivity index (χ1v) is 5.59. The zero-order chi connectivity index (χ0) is 9.15. The summed E-state index contributed by atoms with van der Waals surface area (Å²) >= 11 is 0. The van der Waals surface area contributed by atoms with Gasteiger partial charge in [0.2, 0.25) is 0 Å². The van der Waals surface area contributed by atoms with Crippen LogP contribution in [0.1, 0.15) is 44.9 Å². The molecular formula is C11H20O2. The third-order valence-corrected chi connectivity index (χ3v) is 3.61. The number of rotatable bonds is 3. The van der Waals surface area contributed by atoms with Crippen molar-refractivity contribution in [3.8, 4) is 0 Å². The summed E-state index contributed by atoms with van der Waals surface area (Å²) in [4.78, 5) is 0. The molecule has 1 N–H and O–H groups in total. The molecule has 13 heavy (non-hydrogen) atoms. The van der Waals surface area contributed by atoms with Crippen LogP contribution in [0.15, 0.2) is 0 Å². The van der Waals surface area contributed by atoms with E-state index in [1.165, 1.54) is 25.7 Å². The van der Waals surface area contributed by atoms with Crippen LogP contribution in [-0.4, -0.2) is 23.9 Å². The largest absolute Gasteiger partial charge is 0.393 e. The minimum absolute atomic E-state index is 0.144. The van der Waals surface area contributed by atoms with Gasteiger partial charge in [0.25, 0.3) is 0 Å². The number of aliphatic hydroxyl groups is 1. The van der Waals surface area contributed by atoms with E-state index in [4.69, 9.17) is 4.74 Å². The average molecular weight is 184 g/mol. The van der Waals surface area contributed by atoms with Crippen LogP contribution in [0.4, 0.5) is 0 Å². The van der Waals surface area contributed by atoms with Crippen LogP contribution in [-0.2, 0) is 4.74 Å². The summed E-state index contributed by atoms with van der Waals surface area (Å²) in [5, 5.41) is 9.35. The maximum atomic E-state index is 9.35. The fraction of sp³-hybridized carbons (Fsp3) is 1.00. The first-order chi connectivity index (χ1) is 6.35. The molecule has 1 aliphatic heterocycles. The highest BCUT2D eigenvalue weighted by Crippen LogP contribution is 2.37. The molecular weight excluding hydrogens is 164 g/mol. The van der Waals surface area contributed by atoms with Gasteiger partial charge in [-0.15, -0.1) is 0 Å². The Morgan fingerprint density at radius 1 is 1.23 bits per heavy atom. The van der Waals surface area contributed by atoms with Gasteiger partial charge in [0, 0.05) is 6.61 Å². The van der Waals surface area contributed by atoms with Crippen molar-refractivity contribution in [1.29, 1.82) is 0 Å². The maximum Gasteiger partial charge on any atom is 0.0915 e. The van der Waals surface area contributed by atoms with Gasteiger partial charge in [-0.1, -0.05) is 25.7 Å². The van der Waals surface area contributed by atoms with Crippen LogP contribution < -0.4 is 0 Å². The molecule has 1 unspecified atom stereocenters. The zero-order valence-electron chi connectivity index (χ0n) is 8.30. The predicted molar refractivity (Wildman–Crippen MR) is 51.6 cm³/mol. The summed E-state index contributed by atoms with van der Waals surface area (Å²) in [6, 6.07) is 0. The smallest absolute Gasteiger partial charge is 0.0915 e. The Morgan fingerprint density at radius 2 is 2.00 bits per heavy atom. The van der Waals surface area contributed by atoms with E-state index >= 15 is 0 Å². The van der Waals surface area contributed by atoms with Crippen LogP contribution in [0.3, 0.4) is 0 Å². The van der Waals surface area contributed by atoms with Crippen LogP contribution in [0.5, 0.6) is 0 Å². The SMILES string of the molecule is OCC1(CC2CCCC2)CCCO1. The minimum atomic E-state index is -0.144. The Kier molecular flexibility index (Phi) is 2.89. The Morgan fingerprint density at radius 3 is 2.54 bits per heavy atom. The summed E-state index contributed by atoms with van der Waals surface area (Å²) in [6.45, 7) is 1.08. The lowest BCUT2D eigenvalue weighted by molar-refractivity contribution is -0.0536. The molecule has 2 rings (SSSR count). The molecule has 1 saturated heterocycles. The van der Waals surface area contributed by atoms with E-state index in [1.54, 1.807) is 0 Å². The van der Waals surface area contributed by atoms with Crippen molar-refractivity contribution < 1.29 is 9.84 Å². The van der Waals surface area contributed by atoms with Gasteiger partial charge in [-0.2, -0.15) is 0 Å². The quantitative estimate of drug-likeness (QED) is 0.728. The molecule has 1 heterocycles. The highest BCUT2D eigenvalue weighted by molar-refractivity contribution is 4.88. The lowest BCUT2D eigenvalue weighted by atomic mass is 9.88. The number of ether oxygens (including phenoxy) is 1. The Hall–Kier alpha value is -0.0800. The van der Waals surface area contributed by atoms with E-state index in [9.17, 15) is 5.11 Å². The van der Waals surface area contributed by atoms with Crippen LogP contribution in [0.25, 0.3) is 0 Å². The Labute approximate surface area is 80.3 Å². The molecule has 0 aromatic heterocycles. The van der Waals surface area contributed by atoms with Gasteiger partial charge in [-0.3, -0.25) is 0 Å². The minimum Gasteiger partial charge on any atom is -0.393 e. The van der Waals surface area contributed by atoms with Crippen LogP contribution in [0.2, 0.25) is 0 Å². The molecule has 2 aliphatic rings. The van der Waals surface area contributed by atoms with E-state index in [0.717, 1.165) is 31.8 Å². The second-order valence-corrected chi connectivity index (χ2v) is 4.65. The molecule has 0 spiro atoms. The molecule has 2 heteroatoms. The van der Waals surface area contributed by atoms with Crippen LogP contribution >= 0.6 is 0 Å². The summed E-state index contributed by atoms with van der Waals surface area (Å²) in [7, 11) is 0. The van der Waals surface area contributed by atoms with Crippen molar-refractivity contribution in [2.75, 3.05) is 13.2 Å². The third-order valence-electron chi connectivity index (χ3n) is 3.61. The number of hydrogen-bond donors (Lipinski definition) is 1. The molecule has 0 aromatic rings. The third kappa shape index (κ3) is 2.05. The number of aliphatic hydroxyl groups excluding tert-OH is 1. The van der Waals surface area contributed by atoms with Gasteiger partial charge in [0.1, 0.15) is 0 Å². The summed E-state index contributed by atoms with van der Waals surface area (Å²) in [5.74, 6) is 0.824. The van der Waals surface area contributed by atoms with Gasteiger partial charge in [-0.05, 0) is 25.2 Å². The highest BCUT2D eigenvalue weighted by Gasteiger charge is 2.37. The standard InChI is InChI=1S/C11H20O2/c12-9-11(6-3-7-13-11)8-10-4-1-2-5-10/h10,12H,1-9H2. The fourth-order valence-electron chi connectivity index (χ4n) is 2.85. The highest BCUT2D eigenvalue weighted by atomic mass is 16.5. The topological polar surface area (TPSA) is 29.5 Å². The lowest BCUT2D eigenvalue weighted by Gasteiger charge is -2.28. The van der Waals surface area contributed by atoms with E-state index < -0.39 is 0 Å². The van der Waals surface area contributed by atoms with Crippen molar-refractivity contribution in [2.45, 2.75) is 50.5 Å². The average Bonchev–Trinajstić information content (AvgIpc) is 2.77. The molecule has 76 valence electrons. The molecule has 1 atom stereocenters. The molecule has 0 radical (unpaired) electrons. The van der Waals surface area contributed by atoms with E-state index in [0.29, 0.717) is 0 Å². The molecule has 2 fully saturated rings. The van der Waals surface area contributed by atoms with Gasteiger partial charge in [0.15, 0.2) is 0 Å². The van der Waals surface area contributed by atoms with Crippen molar-refractivity contribution in [1.82, 2.24) is 0 Å². The molecule has 0 amide bonds. The van der Waals surface area contributed by atoms with Gasteiger partial charge in [-0.25, -0.2) is 0 Å². The zero-order valence-corrected chi connectivity index (χ0v) is 8.30. The van der Waals surface area contributed by atoms with E-state index in [1.807, 2.05) is 0 Å². The predicted octanol–water partition coefficient (Wildman–Crippen LogP) is 2.11. The van der Waals surface area contributed by atoms with Crippen molar-refractivity contribution in [3.05, 3.63) is 0 Å². The first kappa shape index (κ1) is 9.47. The molecule has 1 aliphatic carbocycles. The van der Waals surface area contributed by atoms with E-state index in [2.05, 4.69) is 0 Å². The number of hydrogen-bond acceptors (Lipinski definition) is 2. The maximum absolute atomic E-state index is 9.35. The summed E-state index contributed by atoms with van der Waals surface area (Å²) in [6.07, 6.45) is 8.77. The summed E-state index contributed by atoms with van der Waals surface area (Å²) in [5.41, 5.74) is -0.144. The van der Waals surface area contributed by atoms with Crippen molar-refractivity contribution in [2.24, 2.45) is 5.92 Å². The Bertz CT molecular complexity index is 155. The van der Waals surface area contributed by atoms with Gasteiger partial charge in [0.05, 0.1) is 12.2 Å². The Balaban J connectivity index is 1.88. The molecule has 2 nitrogen and oxygen atoms in total. The molecule has 1 saturated carbocycles. The van der Waals surface area contributed by atoms with Crippen molar-refractivity contribution >= 4 is 0 Å². The fourth-order valence-corrected chi connectivity index (χ4v) is 2.85.